The van der Waals surface area contributed by atoms with Gasteiger partial charge in [-0.1, -0.05) is 0 Å². The van der Waals surface area contributed by atoms with Gasteiger partial charge in [0.15, 0.2) is 23.2 Å². The Morgan fingerprint density at radius 2 is 1.78 bits per heavy atom. The summed E-state index contributed by atoms with van der Waals surface area (Å²) in [6, 6.07) is 10.2. The van der Waals surface area contributed by atoms with E-state index < -0.39 is 29.2 Å². The van der Waals surface area contributed by atoms with Gasteiger partial charge in [0.25, 0.3) is 5.91 Å². The van der Waals surface area contributed by atoms with E-state index in [4.69, 9.17) is 15.2 Å². The maximum absolute atomic E-state index is 15.1. The minimum absolute atomic E-state index is 0.0561. The first kappa shape index (κ1) is 24.9. The van der Waals surface area contributed by atoms with Crippen LogP contribution >= 0.6 is 0 Å². The average Bonchev–Trinajstić information content (AvgIpc) is 2.87. The topological polar surface area (TPSA) is 88.6 Å². The quantitative estimate of drug-likeness (QED) is 0.486. The molecule has 1 aliphatic rings. The Morgan fingerprint density at radius 1 is 1.06 bits per heavy atom. The van der Waals surface area contributed by atoms with Gasteiger partial charge in [-0.2, -0.15) is 5.26 Å². The van der Waals surface area contributed by atoms with Crippen LogP contribution in [0, 0.1) is 34.6 Å². The summed E-state index contributed by atoms with van der Waals surface area (Å²) in [5.41, 5.74) is 5.49. The highest BCUT2D eigenvalue weighted by Gasteiger charge is 2.29. The van der Waals surface area contributed by atoms with Crippen molar-refractivity contribution in [2.24, 2.45) is 5.73 Å². The standard InChI is InChI=1S/C26H21F4N3O3/c1-35-25-18(26(32)34)12-20(29)24(30)23(25)17-10-14(13-31)2-4-21(17)33-8-6-16(7-9-33)36-22-5-3-15(27)11-19(22)28/h2-5,10-12,16H,6-9H2,1H3,(H2,32,34). The summed E-state index contributed by atoms with van der Waals surface area (Å²) >= 11 is 0. The number of carbonyl (C=O) groups excluding carboxylic acids is 1. The fourth-order valence-electron chi connectivity index (χ4n) is 4.29. The summed E-state index contributed by atoms with van der Waals surface area (Å²) in [7, 11) is 1.20. The average molecular weight is 499 g/mol. The van der Waals surface area contributed by atoms with Gasteiger partial charge < -0.3 is 20.1 Å². The smallest absolute Gasteiger partial charge is 0.252 e. The lowest BCUT2D eigenvalue weighted by molar-refractivity contribution is 0.0997. The molecule has 1 heterocycles. The fraction of sp³-hybridized carbons (Fsp3) is 0.231. The third-order valence-electron chi connectivity index (χ3n) is 6.01. The molecule has 0 saturated carbocycles. The number of nitrogens with two attached hydrogens (primary N) is 1. The van der Waals surface area contributed by atoms with Crippen LogP contribution in [0.1, 0.15) is 28.8 Å². The van der Waals surface area contributed by atoms with E-state index in [1.165, 1.54) is 25.3 Å². The number of halogens is 4. The minimum atomic E-state index is -1.29. The molecule has 1 amide bonds. The van der Waals surface area contributed by atoms with E-state index in [2.05, 4.69) is 0 Å². The van der Waals surface area contributed by atoms with Crippen LogP contribution in [0.5, 0.6) is 11.5 Å². The summed E-state index contributed by atoms with van der Waals surface area (Å²) in [5, 5.41) is 9.41. The first-order valence-corrected chi connectivity index (χ1v) is 11.0. The zero-order valence-electron chi connectivity index (χ0n) is 19.2. The molecule has 0 atom stereocenters. The number of benzene rings is 3. The van der Waals surface area contributed by atoms with Gasteiger partial charge in [-0.25, -0.2) is 17.6 Å². The molecule has 0 radical (unpaired) electrons. The van der Waals surface area contributed by atoms with Crippen LogP contribution in [0.2, 0.25) is 0 Å². The summed E-state index contributed by atoms with van der Waals surface area (Å²) in [6.07, 6.45) is 0.543. The largest absolute Gasteiger partial charge is 0.495 e. The van der Waals surface area contributed by atoms with Crippen LogP contribution in [0.3, 0.4) is 0 Å². The van der Waals surface area contributed by atoms with E-state index in [1.54, 1.807) is 6.07 Å². The SMILES string of the molecule is COc1c(C(N)=O)cc(F)c(F)c1-c1cc(C#N)ccc1N1CCC(Oc2ccc(F)cc2F)CC1. The number of nitriles is 1. The fourth-order valence-corrected chi connectivity index (χ4v) is 4.29. The number of carbonyl (C=O) groups is 1. The van der Waals surface area contributed by atoms with Crippen molar-refractivity contribution in [3.63, 3.8) is 0 Å². The molecule has 0 unspecified atom stereocenters. The molecule has 1 fully saturated rings. The highest BCUT2D eigenvalue weighted by molar-refractivity contribution is 5.99. The maximum Gasteiger partial charge on any atom is 0.252 e. The molecule has 0 bridgehead atoms. The molecule has 186 valence electrons. The lowest BCUT2D eigenvalue weighted by Crippen LogP contribution is -2.38. The summed E-state index contributed by atoms with van der Waals surface area (Å²) in [4.78, 5) is 13.8. The Hall–Kier alpha value is -4.26. The number of ether oxygens (including phenoxy) is 2. The van der Waals surface area contributed by atoms with Gasteiger partial charge in [0.05, 0.1) is 29.9 Å². The number of amides is 1. The molecule has 0 aromatic heterocycles. The molecule has 1 saturated heterocycles. The van der Waals surface area contributed by atoms with Gasteiger partial charge in [-0.05, 0) is 36.4 Å². The molecule has 2 N–H and O–H groups in total. The van der Waals surface area contributed by atoms with E-state index in [1.807, 2.05) is 11.0 Å². The maximum atomic E-state index is 15.1. The predicted molar refractivity (Wildman–Crippen MR) is 124 cm³/mol. The van der Waals surface area contributed by atoms with Crippen LogP contribution in [-0.2, 0) is 0 Å². The van der Waals surface area contributed by atoms with Crippen LogP contribution in [0.15, 0.2) is 42.5 Å². The van der Waals surface area contributed by atoms with E-state index in [-0.39, 0.29) is 39.9 Å². The Morgan fingerprint density at radius 3 is 2.39 bits per heavy atom. The number of hydrogen-bond acceptors (Lipinski definition) is 5. The number of rotatable bonds is 6. The summed E-state index contributed by atoms with van der Waals surface area (Å²) in [6.45, 7) is 0.794. The first-order valence-electron chi connectivity index (χ1n) is 11.0. The molecular weight excluding hydrogens is 478 g/mol. The van der Waals surface area contributed by atoms with Crippen molar-refractivity contribution in [3.05, 3.63) is 76.9 Å². The van der Waals surface area contributed by atoms with E-state index in [0.717, 1.165) is 12.1 Å². The predicted octanol–water partition coefficient (Wildman–Crippen LogP) is 4.94. The second-order valence-corrected chi connectivity index (χ2v) is 8.22. The Bertz CT molecular complexity index is 1370. The Kier molecular flexibility index (Phi) is 7.01. The molecule has 4 rings (SSSR count). The van der Waals surface area contributed by atoms with E-state index in [9.17, 15) is 23.2 Å². The van der Waals surface area contributed by atoms with Crippen LogP contribution in [0.25, 0.3) is 11.1 Å². The number of piperidine rings is 1. The molecule has 0 aliphatic carbocycles. The van der Waals surface area contributed by atoms with Crippen molar-refractivity contribution in [3.8, 4) is 28.7 Å². The van der Waals surface area contributed by atoms with Crippen molar-refractivity contribution in [1.29, 1.82) is 5.26 Å². The van der Waals surface area contributed by atoms with Gasteiger partial charge in [0.1, 0.15) is 17.7 Å². The van der Waals surface area contributed by atoms with E-state index in [0.29, 0.717) is 37.7 Å². The van der Waals surface area contributed by atoms with Gasteiger partial charge in [-0.3, -0.25) is 4.79 Å². The van der Waals surface area contributed by atoms with Crippen molar-refractivity contribution < 1.29 is 31.8 Å². The number of methoxy groups -OCH3 is 1. The van der Waals surface area contributed by atoms with Crippen LogP contribution in [-0.4, -0.2) is 32.2 Å². The van der Waals surface area contributed by atoms with Gasteiger partial charge >= 0.3 is 0 Å². The second-order valence-electron chi connectivity index (χ2n) is 8.22. The van der Waals surface area contributed by atoms with Gasteiger partial charge in [-0.15, -0.1) is 0 Å². The number of anilines is 1. The lowest BCUT2D eigenvalue weighted by Gasteiger charge is -2.35. The highest BCUT2D eigenvalue weighted by Crippen LogP contribution is 2.42. The number of nitrogens with zero attached hydrogens (tertiary/aromatic N) is 2. The van der Waals surface area contributed by atoms with Crippen LogP contribution in [0.4, 0.5) is 23.2 Å². The van der Waals surface area contributed by atoms with Crippen molar-refractivity contribution >= 4 is 11.6 Å². The molecule has 10 heteroatoms. The summed E-state index contributed by atoms with van der Waals surface area (Å²) in [5.74, 6) is -5.36. The van der Waals surface area contributed by atoms with Crippen LogP contribution < -0.4 is 20.1 Å². The third-order valence-corrected chi connectivity index (χ3v) is 6.01. The zero-order valence-corrected chi connectivity index (χ0v) is 19.2. The number of hydrogen-bond donors (Lipinski definition) is 1. The monoisotopic (exact) mass is 499 g/mol. The van der Waals surface area contributed by atoms with Crippen molar-refractivity contribution in [1.82, 2.24) is 0 Å². The molecule has 3 aromatic rings. The lowest BCUT2D eigenvalue weighted by atomic mass is 9.95. The molecule has 3 aromatic carbocycles. The van der Waals surface area contributed by atoms with Crippen molar-refractivity contribution in [2.45, 2.75) is 18.9 Å². The van der Waals surface area contributed by atoms with Crippen molar-refractivity contribution in [2.75, 3.05) is 25.1 Å². The molecule has 1 aliphatic heterocycles. The number of primary amides is 1. The molecule has 6 nitrogen and oxygen atoms in total. The second kappa shape index (κ2) is 10.2. The summed E-state index contributed by atoms with van der Waals surface area (Å²) < 4.78 is 67.7. The normalized spacial score (nSPS) is 13.8. The van der Waals surface area contributed by atoms with E-state index >= 15 is 4.39 Å². The minimum Gasteiger partial charge on any atom is -0.495 e. The Labute approximate surface area is 204 Å². The molecular formula is C26H21F4N3O3. The highest BCUT2D eigenvalue weighted by atomic mass is 19.2. The van der Waals surface area contributed by atoms with Gasteiger partial charge in [0, 0.05) is 43.2 Å². The molecule has 36 heavy (non-hydrogen) atoms. The Balaban J connectivity index is 1.69. The zero-order chi connectivity index (χ0) is 26.0. The van der Waals surface area contributed by atoms with Gasteiger partial charge in [0.2, 0.25) is 0 Å². The third kappa shape index (κ3) is 4.77. The first-order chi connectivity index (χ1) is 17.2. The molecule has 0 spiro atoms.